The number of halogens is 3. The molecule has 0 bridgehead atoms. The molecule has 1 unspecified atom stereocenters. The second-order valence-corrected chi connectivity index (χ2v) is 4.19. The highest BCUT2D eigenvalue weighted by atomic mass is 19.4. The Morgan fingerprint density at radius 1 is 1.25 bits per heavy atom. The van der Waals surface area contributed by atoms with Crippen LogP contribution in [0.5, 0.6) is 0 Å². The van der Waals surface area contributed by atoms with E-state index in [4.69, 9.17) is 4.42 Å². The molecule has 0 spiro atoms. The normalized spacial score (nSPS) is 13.4. The zero-order chi connectivity index (χ0) is 14.8. The van der Waals surface area contributed by atoms with E-state index in [-0.39, 0.29) is 24.3 Å². The van der Waals surface area contributed by atoms with Gasteiger partial charge >= 0.3 is 12.2 Å². The van der Waals surface area contributed by atoms with Crippen LogP contribution in [0.3, 0.4) is 0 Å². The fourth-order valence-corrected chi connectivity index (χ4v) is 1.43. The van der Waals surface area contributed by atoms with Crippen molar-refractivity contribution in [2.75, 3.05) is 11.9 Å². The average molecular weight is 290 g/mol. The molecule has 2 aromatic rings. The van der Waals surface area contributed by atoms with Crippen LogP contribution in [0.25, 0.3) is 0 Å². The Bertz CT molecular complexity index is 563. The number of rotatable bonds is 5. The number of aryl methyl sites for hydroxylation is 1. The molecule has 0 saturated heterocycles. The van der Waals surface area contributed by atoms with E-state index in [1.54, 1.807) is 6.92 Å². The van der Waals surface area contributed by atoms with Crippen LogP contribution in [0, 0.1) is 0 Å². The van der Waals surface area contributed by atoms with Gasteiger partial charge in [-0.25, -0.2) is 0 Å². The minimum absolute atomic E-state index is 0.139. The number of hydrogen-bond acceptors (Lipinski definition) is 6. The third kappa shape index (κ3) is 3.25. The maximum Gasteiger partial charge on any atom is 0.451 e. The second-order valence-electron chi connectivity index (χ2n) is 4.19. The summed E-state index contributed by atoms with van der Waals surface area (Å²) in [5.74, 6) is -0.805. The second kappa shape index (κ2) is 5.47. The molecule has 2 aromatic heterocycles. The highest BCUT2D eigenvalue weighted by molar-refractivity contribution is 5.18. The molecule has 110 valence electrons. The van der Waals surface area contributed by atoms with E-state index in [1.807, 2.05) is 6.92 Å². The van der Waals surface area contributed by atoms with E-state index in [1.165, 1.54) is 0 Å². The Morgan fingerprint density at radius 3 is 2.55 bits per heavy atom. The third-order valence-corrected chi connectivity index (χ3v) is 2.57. The van der Waals surface area contributed by atoms with E-state index in [9.17, 15) is 13.2 Å². The summed E-state index contributed by atoms with van der Waals surface area (Å²) in [6, 6.07) is 0.226. The lowest BCUT2D eigenvalue weighted by Crippen LogP contribution is -2.12. The Morgan fingerprint density at radius 2 is 2.00 bits per heavy atom. The fraction of sp³-hybridized carbons (Fsp3) is 0.600. The zero-order valence-electron chi connectivity index (χ0n) is 10.8. The lowest BCUT2D eigenvalue weighted by Gasteiger charge is -2.07. The predicted molar refractivity (Wildman–Crippen MR) is 62.0 cm³/mol. The summed E-state index contributed by atoms with van der Waals surface area (Å²) in [4.78, 5) is 2.15. The third-order valence-electron chi connectivity index (χ3n) is 2.57. The number of aromatic amines is 1. The Balaban J connectivity index is 1.94. The lowest BCUT2D eigenvalue weighted by molar-refractivity contribution is -0.144. The van der Waals surface area contributed by atoms with Gasteiger partial charge in [-0.15, -0.1) is 15.3 Å². The van der Waals surface area contributed by atoms with Crippen molar-refractivity contribution >= 4 is 6.01 Å². The molecule has 10 heteroatoms. The first-order valence-corrected chi connectivity index (χ1v) is 5.96. The van der Waals surface area contributed by atoms with Crippen LogP contribution < -0.4 is 5.32 Å². The maximum atomic E-state index is 12.4. The summed E-state index contributed by atoms with van der Waals surface area (Å²) in [7, 11) is 0. The van der Waals surface area contributed by atoms with Crippen LogP contribution in [0.4, 0.5) is 19.2 Å². The van der Waals surface area contributed by atoms with Gasteiger partial charge in [0.1, 0.15) is 5.82 Å². The van der Waals surface area contributed by atoms with Gasteiger partial charge in [0.05, 0.1) is 0 Å². The smallest absolute Gasteiger partial charge is 0.408 e. The number of anilines is 1. The minimum atomic E-state index is -4.53. The minimum Gasteiger partial charge on any atom is -0.408 e. The zero-order valence-corrected chi connectivity index (χ0v) is 10.8. The number of nitrogens with one attached hydrogen (secondary N) is 2. The molecule has 0 aromatic carbocycles. The lowest BCUT2D eigenvalue weighted by atomic mass is 10.2. The Kier molecular flexibility index (Phi) is 3.91. The van der Waals surface area contributed by atoms with E-state index in [0.29, 0.717) is 12.3 Å². The summed E-state index contributed by atoms with van der Waals surface area (Å²) < 4.78 is 42.3. The number of alkyl halides is 3. The summed E-state index contributed by atoms with van der Waals surface area (Å²) >= 11 is 0. The van der Waals surface area contributed by atoms with Crippen molar-refractivity contribution in [3.63, 3.8) is 0 Å². The van der Waals surface area contributed by atoms with Gasteiger partial charge < -0.3 is 14.7 Å². The molecule has 0 fully saturated rings. The standard InChI is InChI=1S/C10H13F3N6O/c1-3-6-16-19-9(20-6)14-4-5(2)7-15-8(18-17-7)10(11,12)13/h5H,3-4H2,1-2H3,(H,14,19)(H,15,17,18). The SMILES string of the molecule is CCc1nnc(NCC(C)c2nnc(C(F)(F)F)[nH]2)o1. The quantitative estimate of drug-likeness (QED) is 0.874. The molecule has 2 heterocycles. The largest absolute Gasteiger partial charge is 0.451 e. The Labute approximate surface area is 112 Å². The van der Waals surface area contributed by atoms with Crippen molar-refractivity contribution in [3.05, 3.63) is 17.5 Å². The van der Waals surface area contributed by atoms with Gasteiger partial charge in [0.25, 0.3) is 0 Å². The molecule has 2 rings (SSSR count). The van der Waals surface area contributed by atoms with Gasteiger partial charge in [-0.05, 0) is 0 Å². The van der Waals surface area contributed by atoms with Crippen LogP contribution in [0.15, 0.2) is 4.42 Å². The number of aromatic nitrogens is 5. The molecule has 1 atom stereocenters. The molecular formula is C10H13F3N6O. The molecule has 0 aliphatic carbocycles. The van der Waals surface area contributed by atoms with Crippen molar-refractivity contribution in [1.82, 2.24) is 25.4 Å². The highest BCUT2D eigenvalue weighted by Crippen LogP contribution is 2.26. The van der Waals surface area contributed by atoms with Gasteiger partial charge in [0.2, 0.25) is 11.7 Å². The molecule has 20 heavy (non-hydrogen) atoms. The van der Waals surface area contributed by atoms with E-state index >= 15 is 0 Å². The van der Waals surface area contributed by atoms with Gasteiger partial charge in [-0.1, -0.05) is 18.9 Å². The molecule has 7 nitrogen and oxygen atoms in total. The van der Waals surface area contributed by atoms with Crippen molar-refractivity contribution < 1.29 is 17.6 Å². The first kappa shape index (κ1) is 14.3. The van der Waals surface area contributed by atoms with E-state index in [2.05, 4.69) is 30.7 Å². The molecule has 0 amide bonds. The van der Waals surface area contributed by atoms with Crippen LogP contribution in [0.1, 0.15) is 37.3 Å². The van der Waals surface area contributed by atoms with Crippen molar-refractivity contribution in [2.24, 2.45) is 0 Å². The van der Waals surface area contributed by atoms with Gasteiger partial charge in [-0.2, -0.15) is 13.2 Å². The van der Waals surface area contributed by atoms with Crippen LogP contribution in [-0.2, 0) is 12.6 Å². The van der Waals surface area contributed by atoms with Gasteiger partial charge in [0, 0.05) is 18.9 Å². The fourth-order valence-electron chi connectivity index (χ4n) is 1.43. The number of hydrogen-bond donors (Lipinski definition) is 2. The average Bonchev–Trinajstić information content (AvgIpc) is 3.04. The molecule has 0 radical (unpaired) electrons. The number of H-pyrrole nitrogens is 1. The Hall–Kier alpha value is -2.13. The van der Waals surface area contributed by atoms with Crippen LogP contribution >= 0.6 is 0 Å². The van der Waals surface area contributed by atoms with Crippen LogP contribution in [0.2, 0.25) is 0 Å². The van der Waals surface area contributed by atoms with Gasteiger partial charge in [-0.3, -0.25) is 0 Å². The maximum absolute atomic E-state index is 12.4. The molecule has 0 aliphatic heterocycles. The summed E-state index contributed by atoms with van der Waals surface area (Å²) in [6.45, 7) is 3.86. The number of nitrogens with zero attached hydrogens (tertiary/aromatic N) is 4. The van der Waals surface area contributed by atoms with E-state index in [0.717, 1.165) is 0 Å². The van der Waals surface area contributed by atoms with Crippen molar-refractivity contribution in [1.29, 1.82) is 0 Å². The van der Waals surface area contributed by atoms with Crippen molar-refractivity contribution in [2.45, 2.75) is 32.4 Å². The van der Waals surface area contributed by atoms with Crippen molar-refractivity contribution in [3.8, 4) is 0 Å². The highest BCUT2D eigenvalue weighted by Gasteiger charge is 2.35. The summed E-state index contributed by atoms with van der Waals surface area (Å²) in [5.41, 5.74) is 0. The van der Waals surface area contributed by atoms with Gasteiger partial charge in [0.15, 0.2) is 0 Å². The molecular weight excluding hydrogens is 277 g/mol. The molecule has 2 N–H and O–H groups in total. The predicted octanol–water partition coefficient (Wildman–Crippen LogP) is 1.98. The van der Waals surface area contributed by atoms with E-state index < -0.39 is 12.0 Å². The van der Waals surface area contributed by atoms with Crippen LogP contribution in [-0.4, -0.2) is 31.9 Å². The summed E-state index contributed by atoms with van der Waals surface area (Å²) in [6.07, 6.45) is -3.91. The molecule has 0 saturated carbocycles. The monoisotopic (exact) mass is 290 g/mol. The first-order chi connectivity index (χ1) is 9.40. The topological polar surface area (TPSA) is 92.5 Å². The summed E-state index contributed by atoms with van der Waals surface area (Å²) in [5, 5.41) is 16.9. The molecule has 0 aliphatic rings. The first-order valence-electron chi connectivity index (χ1n) is 5.96.